The van der Waals surface area contributed by atoms with Crippen molar-refractivity contribution in [1.29, 1.82) is 5.26 Å². The highest BCUT2D eigenvalue weighted by Crippen LogP contribution is 2.37. The van der Waals surface area contributed by atoms with E-state index >= 15 is 0 Å². The second-order valence-electron chi connectivity index (χ2n) is 26.4. The van der Waals surface area contributed by atoms with Gasteiger partial charge in [0.2, 0.25) is 11.9 Å². The molecule has 538 valence electrons. The molecule has 14 heteroatoms. The number of aromatic nitrogens is 4. The van der Waals surface area contributed by atoms with Gasteiger partial charge in [-0.05, 0) is 183 Å². The molecule has 0 aliphatic carbocycles. The van der Waals surface area contributed by atoms with Crippen molar-refractivity contribution in [3.63, 3.8) is 0 Å². The summed E-state index contributed by atoms with van der Waals surface area (Å²) in [6, 6.07) is 130. The summed E-state index contributed by atoms with van der Waals surface area (Å²) in [6.07, 6.45) is 0. The van der Waals surface area contributed by atoms with E-state index in [1.54, 1.807) is 12.1 Å². The maximum Gasteiger partial charge on any atom is 0.271 e. The number of imidazole rings is 2. The first-order chi connectivity index (χ1) is 54.4. The van der Waals surface area contributed by atoms with Crippen LogP contribution >= 0.6 is 0 Å². The van der Waals surface area contributed by atoms with Crippen LogP contribution in [-0.2, 0) is 0 Å². The Morgan fingerprint density at radius 1 is 0.342 bits per heavy atom. The molecule has 0 amide bonds. The Balaban J connectivity index is 0.000000116. The highest BCUT2D eigenvalue weighted by atomic mass is 16.6. The van der Waals surface area contributed by atoms with Crippen LogP contribution in [0.5, 0.6) is 0 Å². The number of para-hydroxylation sites is 7. The topological polar surface area (TPSA) is 123 Å². The van der Waals surface area contributed by atoms with Crippen LogP contribution in [0.3, 0.4) is 0 Å². The van der Waals surface area contributed by atoms with Gasteiger partial charge in [0.25, 0.3) is 5.69 Å². The van der Waals surface area contributed by atoms with Crippen molar-refractivity contribution in [2.75, 3.05) is 59.7 Å². The van der Waals surface area contributed by atoms with Crippen LogP contribution in [0, 0.1) is 28.0 Å². The number of nitrogens with zero attached hydrogens (tertiary/aromatic N) is 12. The summed E-state index contributed by atoms with van der Waals surface area (Å²) < 4.78 is 4.42. The highest BCUT2D eigenvalue weighted by Gasteiger charge is 2.20. The van der Waals surface area contributed by atoms with Gasteiger partial charge in [-0.1, -0.05) is 224 Å². The minimum Gasteiger partial charge on any atom is -0.346 e. The fourth-order valence-corrected chi connectivity index (χ4v) is 13.5. The Morgan fingerprint density at radius 2 is 0.703 bits per heavy atom. The third-order valence-electron chi connectivity index (χ3n) is 19.5. The molecule has 18 rings (SSSR count). The number of hydrogen-bond donors (Lipinski definition) is 0. The van der Waals surface area contributed by atoms with Gasteiger partial charge >= 0.3 is 0 Å². The van der Waals surface area contributed by atoms with Gasteiger partial charge in [-0.3, -0.25) is 19.2 Å². The molecule has 16 aromatic carbocycles. The maximum absolute atomic E-state index is 10.9. The van der Waals surface area contributed by atoms with Crippen molar-refractivity contribution >= 4 is 134 Å². The number of nitro groups is 1. The third kappa shape index (κ3) is 16.6. The summed E-state index contributed by atoms with van der Waals surface area (Å²) in [5.74, 6) is 1.81. The maximum atomic E-state index is 10.9. The quantitative estimate of drug-likeness (QED) is 0.0626. The van der Waals surface area contributed by atoms with Crippen molar-refractivity contribution in [1.82, 2.24) is 19.1 Å². The van der Waals surface area contributed by atoms with Crippen LogP contribution < -0.4 is 24.5 Å². The number of non-ortho nitro benzene ring substituents is 1. The number of nitro benzene ring substituents is 1. The van der Waals surface area contributed by atoms with Gasteiger partial charge in [0, 0.05) is 104 Å². The Bertz CT molecular complexity index is 6350. The van der Waals surface area contributed by atoms with E-state index in [0.717, 1.165) is 96.2 Å². The zero-order valence-corrected chi connectivity index (χ0v) is 62.1. The van der Waals surface area contributed by atoms with Crippen LogP contribution in [-0.4, -0.2) is 59.3 Å². The molecular formula is C97H78N12O2. The van der Waals surface area contributed by atoms with Crippen molar-refractivity contribution in [2.24, 2.45) is 0 Å². The average molecular weight is 1440 g/mol. The Kier molecular flexibility index (Phi) is 22.3. The van der Waals surface area contributed by atoms with Gasteiger partial charge in [-0.2, -0.15) is 5.26 Å². The predicted octanol–water partition coefficient (Wildman–Crippen LogP) is 24.9. The first-order valence-corrected chi connectivity index (χ1v) is 36.3. The SMILES string of the molecule is CN(c1ccc(C#N)cc1)c1ccc2ccccc2c1.CN(c1cccc([N+](=O)[O-])c1)c1ccc2ccccc2c1.CN(c1cccc2ccccc12)c1nc2ccccc2n1-c1ccccc1.CN(c1ccccc1)c1nc2ccccc2n1-c1ccccc1.[C-]#[N+]c1cccc(N(C)c2ccc3ccccc3c2)c1. The highest BCUT2D eigenvalue weighted by molar-refractivity contribution is 5.97. The molecule has 0 spiro atoms. The fourth-order valence-electron chi connectivity index (χ4n) is 13.5. The Morgan fingerprint density at radius 3 is 1.19 bits per heavy atom. The van der Waals surface area contributed by atoms with Crippen LogP contribution in [0.4, 0.5) is 68.8 Å². The van der Waals surface area contributed by atoms with E-state index in [1.807, 2.05) is 166 Å². The van der Waals surface area contributed by atoms with Crippen LogP contribution in [0.1, 0.15) is 5.56 Å². The zero-order chi connectivity index (χ0) is 76.6. The number of fused-ring (bicyclic) bond motifs is 6. The molecule has 2 aromatic heterocycles. The number of benzene rings is 16. The van der Waals surface area contributed by atoms with Gasteiger partial charge < -0.3 is 24.5 Å². The molecule has 0 saturated heterocycles. The largest absolute Gasteiger partial charge is 0.346 e. The molecule has 0 aliphatic rings. The Labute approximate surface area is 645 Å². The molecule has 2 heterocycles. The third-order valence-corrected chi connectivity index (χ3v) is 19.5. The molecule has 0 unspecified atom stereocenters. The number of rotatable bonds is 13. The minimum atomic E-state index is -0.377. The zero-order valence-electron chi connectivity index (χ0n) is 62.1. The lowest BCUT2D eigenvalue weighted by Gasteiger charge is -2.22. The summed E-state index contributed by atoms with van der Waals surface area (Å²) in [5.41, 5.74) is 16.2. The number of hydrogen-bond acceptors (Lipinski definition) is 10. The van der Waals surface area contributed by atoms with E-state index < -0.39 is 0 Å². The van der Waals surface area contributed by atoms with Crippen molar-refractivity contribution in [3.8, 4) is 17.4 Å². The van der Waals surface area contributed by atoms with Crippen LogP contribution in [0.25, 0.3) is 81.4 Å². The number of anilines is 10. The fraction of sp³-hybridized carbons (Fsp3) is 0.0515. The predicted molar refractivity (Wildman–Crippen MR) is 462 cm³/mol. The minimum absolute atomic E-state index is 0.0974. The molecule has 111 heavy (non-hydrogen) atoms. The molecule has 0 atom stereocenters. The first kappa shape index (κ1) is 72.8. The van der Waals surface area contributed by atoms with E-state index in [4.69, 9.17) is 21.8 Å². The van der Waals surface area contributed by atoms with Crippen molar-refractivity contribution < 1.29 is 4.92 Å². The average Bonchev–Trinajstić information content (AvgIpc) is 1.62. The van der Waals surface area contributed by atoms with Gasteiger partial charge in [0.1, 0.15) is 0 Å². The van der Waals surface area contributed by atoms with Crippen molar-refractivity contribution in [2.45, 2.75) is 0 Å². The lowest BCUT2D eigenvalue weighted by molar-refractivity contribution is -0.384. The molecule has 0 N–H and O–H groups in total. The summed E-state index contributed by atoms with van der Waals surface area (Å²) in [4.78, 5) is 34.2. The molecule has 0 bridgehead atoms. The van der Waals surface area contributed by atoms with E-state index in [9.17, 15) is 10.1 Å². The van der Waals surface area contributed by atoms with Gasteiger partial charge in [-0.25, -0.2) is 14.8 Å². The molecule has 0 radical (unpaired) electrons. The smallest absolute Gasteiger partial charge is 0.271 e. The number of nitriles is 1. The molecule has 0 aliphatic heterocycles. The standard InChI is InChI=1S/C24H19N3.C20H17N3.2C18H14N2.C17H14N2O2/c1-26(22-17-9-11-18-10-5-6-14-20(18)22)24-25-21-15-7-8-16-23(21)27(24)19-12-3-2-4-13-19;1-22(16-10-4-2-5-11-16)20-21-18-14-8-9-15-19(18)23(20)17-12-6-3-7-13-17;1-19-16-8-5-9-17(13-16)20(2)18-11-10-14-6-3-4-7-15(14)12-18;1-20(17-9-6-14(13-19)7-10-17)18-11-8-15-4-2-3-5-16(15)12-18;1-18(15-7-4-8-17(12-15)19(20)21)16-10-9-13-5-2-3-6-14(13)11-16/h2-17H,1H3;2-15H,1H3;3-13H,2H3;2-12H,1H3;2-12H,1H3. The summed E-state index contributed by atoms with van der Waals surface area (Å²) in [7, 11) is 10.1. The molecular weight excluding hydrogens is 1370 g/mol. The van der Waals surface area contributed by atoms with E-state index in [0.29, 0.717) is 11.3 Å². The monoisotopic (exact) mass is 1440 g/mol. The normalized spacial score (nSPS) is 10.6. The molecule has 0 saturated carbocycles. The summed E-state index contributed by atoms with van der Waals surface area (Å²) >= 11 is 0. The summed E-state index contributed by atoms with van der Waals surface area (Å²) in [5, 5.41) is 29.4. The Hall–Kier alpha value is -15.1. The summed E-state index contributed by atoms with van der Waals surface area (Å²) in [6.45, 7) is 7.10. The lowest BCUT2D eigenvalue weighted by atomic mass is 10.1. The van der Waals surface area contributed by atoms with E-state index in [1.165, 1.54) is 43.8 Å². The van der Waals surface area contributed by atoms with Gasteiger partial charge in [-0.15, -0.1) is 0 Å². The van der Waals surface area contributed by atoms with Gasteiger partial charge in [0.15, 0.2) is 5.69 Å². The van der Waals surface area contributed by atoms with Crippen molar-refractivity contribution in [3.05, 3.63) is 409 Å². The second-order valence-corrected chi connectivity index (χ2v) is 26.4. The molecule has 0 fully saturated rings. The van der Waals surface area contributed by atoms with E-state index in [-0.39, 0.29) is 10.6 Å². The lowest BCUT2D eigenvalue weighted by Crippen LogP contribution is -2.15. The van der Waals surface area contributed by atoms with Crippen LogP contribution in [0.15, 0.2) is 382 Å². The molecule has 18 aromatic rings. The van der Waals surface area contributed by atoms with Gasteiger partial charge in [0.05, 0.1) is 50.9 Å². The van der Waals surface area contributed by atoms with E-state index in [2.05, 4.69) is 278 Å². The first-order valence-electron chi connectivity index (χ1n) is 36.3. The second kappa shape index (κ2) is 34.0. The molecule has 14 nitrogen and oxygen atoms in total. The van der Waals surface area contributed by atoms with Crippen LogP contribution in [0.2, 0.25) is 0 Å².